The van der Waals surface area contributed by atoms with Crippen molar-refractivity contribution in [3.05, 3.63) is 30.0 Å². The van der Waals surface area contributed by atoms with Crippen molar-refractivity contribution < 1.29 is 4.74 Å². The fourth-order valence-electron chi connectivity index (χ4n) is 2.00. The third-order valence-corrected chi connectivity index (χ3v) is 2.72. The number of fused-ring (bicyclic) bond motifs is 3. The Bertz CT molecular complexity index is 470. The summed E-state index contributed by atoms with van der Waals surface area (Å²) in [5, 5.41) is 1.25. The van der Waals surface area contributed by atoms with Crippen molar-refractivity contribution in [3.8, 4) is 5.75 Å². The first kappa shape index (κ1) is 7.01. The van der Waals surface area contributed by atoms with Gasteiger partial charge in [0.05, 0.1) is 12.1 Å². The summed E-state index contributed by atoms with van der Waals surface area (Å²) in [6.07, 6.45) is 3.13. The number of rotatable bonds is 0. The van der Waals surface area contributed by atoms with Crippen LogP contribution < -0.4 is 4.74 Å². The molecule has 2 heteroatoms. The molecule has 3 rings (SSSR count). The second kappa shape index (κ2) is 2.28. The number of nitrogens with zero attached hydrogens (tertiary/aromatic N) is 1. The molecule has 0 spiro atoms. The summed E-state index contributed by atoms with van der Waals surface area (Å²) in [7, 11) is 2.06. The van der Waals surface area contributed by atoms with Crippen LogP contribution in [0.1, 0.15) is 5.56 Å². The van der Waals surface area contributed by atoms with Crippen LogP contribution in [0.4, 0.5) is 0 Å². The highest BCUT2D eigenvalue weighted by atomic mass is 16.5. The molecule has 0 bridgehead atoms. The van der Waals surface area contributed by atoms with Gasteiger partial charge in [0.2, 0.25) is 0 Å². The van der Waals surface area contributed by atoms with E-state index in [0.717, 1.165) is 18.8 Å². The van der Waals surface area contributed by atoms with Gasteiger partial charge in [0, 0.05) is 25.1 Å². The van der Waals surface area contributed by atoms with E-state index < -0.39 is 0 Å². The lowest BCUT2D eigenvalue weighted by atomic mass is 10.1. The first-order chi connectivity index (χ1) is 6.36. The first-order valence-corrected chi connectivity index (χ1v) is 4.56. The van der Waals surface area contributed by atoms with Crippen molar-refractivity contribution in [2.24, 2.45) is 7.05 Å². The van der Waals surface area contributed by atoms with Crippen LogP contribution >= 0.6 is 0 Å². The van der Waals surface area contributed by atoms with Crippen molar-refractivity contribution in [2.75, 3.05) is 6.61 Å². The maximum Gasteiger partial charge on any atom is 0.131 e. The van der Waals surface area contributed by atoms with Crippen LogP contribution in [0.5, 0.6) is 5.75 Å². The number of benzene rings is 1. The Morgan fingerprint density at radius 1 is 1.31 bits per heavy atom. The topological polar surface area (TPSA) is 14.2 Å². The van der Waals surface area contributed by atoms with E-state index in [0.29, 0.717) is 0 Å². The minimum Gasteiger partial charge on any atom is -0.492 e. The monoisotopic (exact) mass is 173 g/mol. The molecule has 0 saturated heterocycles. The molecule has 0 saturated carbocycles. The molecule has 66 valence electrons. The molecule has 0 atom stereocenters. The van der Waals surface area contributed by atoms with E-state index in [1.165, 1.54) is 16.5 Å². The van der Waals surface area contributed by atoms with Gasteiger partial charge in [-0.15, -0.1) is 0 Å². The van der Waals surface area contributed by atoms with E-state index in [1.54, 1.807) is 0 Å². The van der Waals surface area contributed by atoms with E-state index in [2.05, 4.69) is 36.0 Å². The smallest absolute Gasteiger partial charge is 0.131 e. The highest BCUT2D eigenvalue weighted by molar-refractivity contribution is 5.88. The van der Waals surface area contributed by atoms with E-state index >= 15 is 0 Å². The highest BCUT2D eigenvalue weighted by Crippen LogP contribution is 2.34. The Morgan fingerprint density at radius 3 is 3.15 bits per heavy atom. The normalized spacial score (nSPS) is 14.5. The molecule has 0 radical (unpaired) electrons. The van der Waals surface area contributed by atoms with Crippen molar-refractivity contribution >= 4 is 10.9 Å². The van der Waals surface area contributed by atoms with Gasteiger partial charge in [-0.3, -0.25) is 0 Å². The Morgan fingerprint density at radius 2 is 2.23 bits per heavy atom. The largest absolute Gasteiger partial charge is 0.492 e. The predicted molar refractivity (Wildman–Crippen MR) is 52.1 cm³/mol. The lowest BCUT2D eigenvalue weighted by molar-refractivity contribution is 0.360. The molecule has 0 fully saturated rings. The van der Waals surface area contributed by atoms with Crippen LogP contribution in [-0.4, -0.2) is 11.2 Å². The second-order valence-electron chi connectivity index (χ2n) is 3.51. The Balaban J connectivity index is 2.44. The average Bonchev–Trinajstić information content (AvgIpc) is 2.70. The minimum absolute atomic E-state index is 0.837. The predicted octanol–water partition coefficient (Wildman–Crippen LogP) is 2.11. The Hall–Kier alpha value is -1.44. The molecular formula is C11H11NO. The van der Waals surface area contributed by atoms with Crippen LogP contribution in [-0.2, 0) is 13.5 Å². The molecule has 1 aromatic heterocycles. The molecule has 2 heterocycles. The van der Waals surface area contributed by atoms with Crippen LogP contribution in [0.15, 0.2) is 24.4 Å². The summed E-state index contributed by atoms with van der Waals surface area (Å²) in [6.45, 7) is 0.837. The highest BCUT2D eigenvalue weighted by Gasteiger charge is 2.15. The van der Waals surface area contributed by atoms with Gasteiger partial charge in [0.1, 0.15) is 5.75 Å². The lowest BCUT2D eigenvalue weighted by Crippen LogP contribution is -1.87. The third-order valence-electron chi connectivity index (χ3n) is 2.72. The van der Waals surface area contributed by atoms with E-state index in [4.69, 9.17) is 4.74 Å². The van der Waals surface area contributed by atoms with Gasteiger partial charge in [-0.2, -0.15) is 0 Å². The molecule has 1 aliphatic heterocycles. The number of aromatic nitrogens is 1. The van der Waals surface area contributed by atoms with Crippen molar-refractivity contribution in [1.29, 1.82) is 0 Å². The fraction of sp³-hybridized carbons (Fsp3) is 0.273. The van der Waals surface area contributed by atoms with Crippen LogP contribution in [0.2, 0.25) is 0 Å². The molecule has 0 amide bonds. The van der Waals surface area contributed by atoms with Gasteiger partial charge in [0.25, 0.3) is 0 Å². The van der Waals surface area contributed by atoms with Crippen molar-refractivity contribution in [2.45, 2.75) is 6.42 Å². The van der Waals surface area contributed by atoms with Crippen LogP contribution in [0.25, 0.3) is 10.9 Å². The summed E-state index contributed by atoms with van der Waals surface area (Å²) >= 11 is 0. The molecule has 1 aromatic carbocycles. The summed E-state index contributed by atoms with van der Waals surface area (Å²) in [5.41, 5.74) is 2.60. The molecule has 0 aliphatic carbocycles. The van der Waals surface area contributed by atoms with Crippen molar-refractivity contribution in [1.82, 2.24) is 4.57 Å². The molecule has 13 heavy (non-hydrogen) atoms. The molecule has 2 nitrogen and oxygen atoms in total. The zero-order chi connectivity index (χ0) is 8.84. The molecule has 0 N–H and O–H groups in total. The van der Waals surface area contributed by atoms with Gasteiger partial charge in [-0.1, -0.05) is 6.07 Å². The fourth-order valence-corrected chi connectivity index (χ4v) is 2.00. The quantitative estimate of drug-likeness (QED) is 0.595. The molecule has 0 unspecified atom stereocenters. The number of aryl methyl sites for hydroxylation is 1. The number of ether oxygens (including phenoxy) is 1. The molecule has 2 aromatic rings. The lowest BCUT2D eigenvalue weighted by Gasteiger charge is -2.01. The third kappa shape index (κ3) is 0.829. The Labute approximate surface area is 76.7 Å². The maximum atomic E-state index is 5.61. The van der Waals surface area contributed by atoms with Gasteiger partial charge in [-0.05, 0) is 17.7 Å². The zero-order valence-corrected chi connectivity index (χ0v) is 7.58. The zero-order valence-electron chi connectivity index (χ0n) is 7.58. The van der Waals surface area contributed by atoms with Gasteiger partial charge < -0.3 is 9.30 Å². The first-order valence-electron chi connectivity index (χ1n) is 4.56. The molecule has 1 aliphatic rings. The SMILES string of the molecule is Cn1ccc2c3c(ccc21)CCO3. The standard InChI is InChI=1S/C11H11NO/c1-12-6-4-9-10(12)3-2-8-5-7-13-11(8)9/h2-4,6H,5,7H2,1H3. The van der Waals surface area contributed by atoms with Gasteiger partial charge >= 0.3 is 0 Å². The van der Waals surface area contributed by atoms with Gasteiger partial charge in [0.15, 0.2) is 0 Å². The summed E-state index contributed by atoms with van der Waals surface area (Å²) in [5.74, 6) is 1.10. The summed E-state index contributed by atoms with van der Waals surface area (Å²) < 4.78 is 7.73. The summed E-state index contributed by atoms with van der Waals surface area (Å²) in [4.78, 5) is 0. The van der Waals surface area contributed by atoms with Crippen LogP contribution in [0, 0.1) is 0 Å². The average molecular weight is 173 g/mol. The number of hydrogen-bond donors (Lipinski definition) is 0. The molecular weight excluding hydrogens is 162 g/mol. The van der Waals surface area contributed by atoms with E-state index in [1.807, 2.05) is 0 Å². The maximum absolute atomic E-state index is 5.61. The second-order valence-corrected chi connectivity index (χ2v) is 3.51. The van der Waals surface area contributed by atoms with Crippen LogP contribution in [0.3, 0.4) is 0 Å². The van der Waals surface area contributed by atoms with Crippen molar-refractivity contribution in [3.63, 3.8) is 0 Å². The minimum atomic E-state index is 0.837. The number of hydrogen-bond acceptors (Lipinski definition) is 1. The van der Waals surface area contributed by atoms with E-state index in [-0.39, 0.29) is 0 Å². The summed E-state index contributed by atoms with van der Waals surface area (Å²) in [6, 6.07) is 6.47. The Kier molecular flexibility index (Phi) is 1.23. The van der Waals surface area contributed by atoms with E-state index in [9.17, 15) is 0 Å². The van der Waals surface area contributed by atoms with Gasteiger partial charge in [-0.25, -0.2) is 0 Å².